The van der Waals surface area contributed by atoms with E-state index < -0.39 is 34.0 Å². The fourth-order valence-corrected chi connectivity index (χ4v) is 5.25. The van der Waals surface area contributed by atoms with Gasteiger partial charge in [0.25, 0.3) is 0 Å². The first-order valence-corrected chi connectivity index (χ1v) is 18.0. The van der Waals surface area contributed by atoms with Crippen molar-refractivity contribution in [2.24, 2.45) is 0 Å². The Kier molecular flexibility index (Phi) is 16.7. The average Bonchev–Trinajstić information content (AvgIpc) is 2.97. The van der Waals surface area contributed by atoms with E-state index in [1.54, 1.807) is 6.08 Å². The molecule has 0 saturated heterocycles. The summed E-state index contributed by atoms with van der Waals surface area (Å²) < 4.78 is 44.4. The van der Waals surface area contributed by atoms with Gasteiger partial charge in [0.15, 0.2) is 0 Å². The lowest BCUT2D eigenvalue weighted by Gasteiger charge is -2.20. The highest BCUT2D eigenvalue weighted by atomic mass is 32.2. The Balaban J connectivity index is 1.99. The second-order valence-corrected chi connectivity index (χ2v) is 14.0. The molecule has 0 spiro atoms. The summed E-state index contributed by atoms with van der Waals surface area (Å²) in [6.07, 6.45) is 13.4. The maximum atomic E-state index is 13.7. The minimum absolute atomic E-state index is 0.0371. The zero-order chi connectivity index (χ0) is 33.4. The van der Waals surface area contributed by atoms with E-state index in [9.17, 15) is 27.8 Å². The van der Waals surface area contributed by atoms with E-state index in [1.807, 2.05) is 13.8 Å². The van der Waals surface area contributed by atoms with Gasteiger partial charge in [0.1, 0.15) is 5.82 Å². The van der Waals surface area contributed by atoms with Crippen LogP contribution in [0.1, 0.15) is 115 Å². The summed E-state index contributed by atoms with van der Waals surface area (Å²) in [4.78, 5) is 21.2. The maximum absolute atomic E-state index is 13.7. The summed E-state index contributed by atoms with van der Waals surface area (Å²) in [5, 5.41) is 21.1. The van der Waals surface area contributed by atoms with E-state index in [2.05, 4.69) is 16.9 Å². The van der Waals surface area contributed by atoms with Gasteiger partial charge in [-0.2, -0.15) is 0 Å². The highest BCUT2D eigenvalue weighted by molar-refractivity contribution is 7.92. The molecule has 0 aliphatic carbocycles. The zero-order valence-electron chi connectivity index (χ0n) is 27.5. The van der Waals surface area contributed by atoms with Gasteiger partial charge in [-0.15, -0.1) is 0 Å². The van der Waals surface area contributed by atoms with Crippen LogP contribution in [0.2, 0.25) is 0 Å². The number of anilines is 1. The SMILES string of the molecule is CCCCCCCCCCCCOC(=O)C[C@H](O)C[C@H](O)/C=C/c1c(-c2ccc(F)cc2)nc(N(C)S(C)(=O)=O)nc1C(C)C. The van der Waals surface area contributed by atoms with Crippen LogP contribution in [-0.4, -0.2) is 66.7 Å². The Morgan fingerprint density at radius 3 is 2.11 bits per heavy atom. The average molecular weight is 650 g/mol. The third-order valence-corrected chi connectivity index (χ3v) is 8.73. The second-order valence-electron chi connectivity index (χ2n) is 12.0. The van der Waals surface area contributed by atoms with Crippen molar-refractivity contribution < 1.29 is 32.6 Å². The number of unbranched alkanes of at least 4 members (excludes halogenated alkanes) is 9. The van der Waals surface area contributed by atoms with E-state index in [0.717, 1.165) is 29.8 Å². The Bertz CT molecular complexity index is 1320. The molecule has 9 nitrogen and oxygen atoms in total. The highest BCUT2D eigenvalue weighted by Gasteiger charge is 2.23. The van der Waals surface area contributed by atoms with Crippen LogP contribution in [-0.2, 0) is 19.6 Å². The van der Waals surface area contributed by atoms with Gasteiger partial charge in [0, 0.05) is 24.6 Å². The van der Waals surface area contributed by atoms with Crippen molar-refractivity contribution in [2.75, 3.05) is 24.2 Å². The predicted octanol–water partition coefficient (Wildman–Crippen LogP) is 6.78. The number of nitrogens with zero attached hydrogens (tertiary/aromatic N) is 3. The molecule has 0 unspecified atom stereocenters. The van der Waals surface area contributed by atoms with Crippen molar-refractivity contribution >= 4 is 28.0 Å². The third kappa shape index (κ3) is 14.0. The molecule has 2 aromatic rings. The fraction of sp³-hybridized carbons (Fsp3) is 0.618. The molecule has 0 radical (unpaired) electrons. The lowest BCUT2D eigenvalue weighted by molar-refractivity contribution is -0.146. The molecule has 2 N–H and O–H groups in total. The van der Waals surface area contributed by atoms with Crippen molar-refractivity contribution in [2.45, 2.75) is 116 Å². The number of aliphatic hydroxyl groups is 2. The molecule has 0 amide bonds. The molecular weight excluding hydrogens is 597 g/mol. The molecule has 252 valence electrons. The number of hydrogen-bond acceptors (Lipinski definition) is 8. The van der Waals surface area contributed by atoms with Crippen molar-refractivity contribution in [3.8, 4) is 11.3 Å². The molecule has 2 atom stereocenters. The number of sulfonamides is 1. The molecule has 1 aromatic heterocycles. The summed E-state index contributed by atoms with van der Waals surface area (Å²) in [6, 6.07) is 5.62. The minimum atomic E-state index is -3.66. The molecule has 0 aliphatic heterocycles. The largest absolute Gasteiger partial charge is 0.466 e. The van der Waals surface area contributed by atoms with Gasteiger partial charge < -0.3 is 14.9 Å². The summed E-state index contributed by atoms with van der Waals surface area (Å²) >= 11 is 0. The number of carbonyl (C=O) groups excluding carboxylic acids is 1. The predicted molar refractivity (Wildman–Crippen MR) is 178 cm³/mol. The fourth-order valence-electron chi connectivity index (χ4n) is 4.87. The number of ether oxygens (including phenoxy) is 1. The van der Waals surface area contributed by atoms with Crippen LogP contribution in [0.3, 0.4) is 0 Å². The summed E-state index contributed by atoms with van der Waals surface area (Å²) in [7, 11) is -2.30. The molecule has 0 bridgehead atoms. The summed E-state index contributed by atoms with van der Waals surface area (Å²) in [5.74, 6) is -1.14. The molecule has 11 heteroatoms. The van der Waals surface area contributed by atoms with Gasteiger partial charge in [-0.1, -0.05) is 90.7 Å². The number of esters is 1. The van der Waals surface area contributed by atoms with E-state index in [-0.39, 0.29) is 24.7 Å². The normalized spacial score (nSPS) is 13.4. The first-order chi connectivity index (χ1) is 21.3. The summed E-state index contributed by atoms with van der Waals surface area (Å²) in [6.45, 7) is 6.31. The first kappa shape index (κ1) is 38.3. The van der Waals surface area contributed by atoms with Crippen LogP contribution < -0.4 is 4.31 Å². The van der Waals surface area contributed by atoms with Crippen LogP contribution >= 0.6 is 0 Å². The molecule has 0 aliphatic rings. The van der Waals surface area contributed by atoms with Crippen LogP contribution in [0.15, 0.2) is 30.3 Å². The molecule has 1 heterocycles. The Morgan fingerprint density at radius 1 is 0.978 bits per heavy atom. The number of hydrogen-bond donors (Lipinski definition) is 2. The van der Waals surface area contributed by atoms with E-state index in [4.69, 9.17) is 4.74 Å². The van der Waals surface area contributed by atoms with E-state index in [1.165, 1.54) is 82.3 Å². The van der Waals surface area contributed by atoms with Crippen molar-refractivity contribution in [3.63, 3.8) is 0 Å². The molecule has 0 fully saturated rings. The van der Waals surface area contributed by atoms with Gasteiger partial charge in [-0.05, 0) is 36.6 Å². The van der Waals surface area contributed by atoms with Crippen LogP contribution in [0.25, 0.3) is 17.3 Å². The molecule has 1 aromatic carbocycles. The van der Waals surface area contributed by atoms with Crippen LogP contribution in [0, 0.1) is 5.82 Å². The highest BCUT2D eigenvalue weighted by Crippen LogP contribution is 2.31. The molecule has 45 heavy (non-hydrogen) atoms. The number of halogens is 1. The summed E-state index contributed by atoms with van der Waals surface area (Å²) in [5.41, 5.74) is 1.93. The van der Waals surface area contributed by atoms with E-state index >= 15 is 0 Å². The number of aromatic nitrogens is 2. The monoisotopic (exact) mass is 649 g/mol. The standard InChI is InChI=1S/C34H52FN3O6S/c1-6-7-8-9-10-11-12-13-14-15-22-44-31(41)24-29(40)23-28(39)20-21-30-32(25(2)3)36-34(38(4)45(5,42)43)37-33(30)26-16-18-27(35)19-17-26/h16-21,25,28-29,39-40H,6-15,22-24H2,1-5H3/b21-20+/t28-,29-/m1/s1. The molecular formula is C34H52FN3O6S. The van der Waals surface area contributed by atoms with Crippen molar-refractivity contribution in [1.82, 2.24) is 9.97 Å². The zero-order valence-corrected chi connectivity index (χ0v) is 28.4. The number of aliphatic hydroxyl groups excluding tert-OH is 2. The quantitative estimate of drug-likeness (QED) is 0.112. The third-order valence-electron chi connectivity index (χ3n) is 7.57. The lowest BCUT2D eigenvalue weighted by Crippen LogP contribution is -2.27. The maximum Gasteiger partial charge on any atom is 0.308 e. The van der Waals surface area contributed by atoms with Crippen LogP contribution in [0.5, 0.6) is 0 Å². The van der Waals surface area contributed by atoms with Gasteiger partial charge in [0.05, 0.1) is 42.9 Å². The number of benzene rings is 1. The number of carbonyl (C=O) groups is 1. The molecule has 0 saturated carbocycles. The van der Waals surface area contributed by atoms with Crippen LogP contribution in [0.4, 0.5) is 10.3 Å². The van der Waals surface area contributed by atoms with Crippen molar-refractivity contribution in [1.29, 1.82) is 0 Å². The molecule has 2 rings (SSSR count). The number of rotatable bonds is 21. The first-order valence-electron chi connectivity index (χ1n) is 16.1. The minimum Gasteiger partial charge on any atom is -0.466 e. The Labute approximate surface area is 269 Å². The van der Waals surface area contributed by atoms with Gasteiger partial charge >= 0.3 is 5.97 Å². The second kappa shape index (κ2) is 19.6. The van der Waals surface area contributed by atoms with E-state index in [0.29, 0.717) is 29.1 Å². The topological polar surface area (TPSA) is 130 Å². The Hall–Kier alpha value is -2.89. The van der Waals surface area contributed by atoms with Gasteiger partial charge in [0.2, 0.25) is 16.0 Å². The Morgan fingerprint density at radius 2 is 1.56 bits per heavy atom. The van der Waals surface area contributed by atoms with Crippen molar-refractivity contribution in [3.05, 3.63) is 47.4 Å². The van der Waals surface area contributed by atoms with Gasteiger partial charge in [-0.25, -0.2) is 27.1 Å². The lowest BCUT2D eigenvalue weighted by atomic mass is 9.97. The smallest absolute Gasteiger partial charge is 0.308 e. The van der Waals surface area contributed by atoms with Gasteiger partial charge in [-0.3, -0.25) is 4.79 Å².